The summed E-state index contributed by atoms with van der Waals surface area (Å²) in [4.78, 5) is 26.9. The average Bonchev–Trinajstić information content (AvgIpc) is 3.08. The van der Waals surface area contributed by atoms with E-state index in [1.165, 1.54) is 12.8 Å². The number of hydrogen-bond donors (Lipinski definition) is 1. The predicted octanol–water partition coefficient (Wildman–Crippen LogP) is 3.92. The topological polar surface area (TPSA) is 49.4 Å². The van der Waals surface area contributed by atoms with Crippen LogP contribution in [0.15, 0.2) is 24.3 Å². The molecule has 1 atom stereocenters. The fourth-order valence-corrected chi connectivity index (χ4v) is 3.40. The van der Waals surface area contributed by atoms with Gasteiger partial charge >= 0.3 is 0 Å². The van der Waals surface area contributed by atoms with Crippen LogP contribution in [0.3, 0.4) is 0 Å². The van der Waals surface area contributed by atoms with E-state index < -0.39 is 6.04 Å². The number of hydrogen-bond acceptors (Lipinski definition) is 2. The summed E-state index contributed by atoms with van der Waals surface area (Å²) in [5, 5.41) is 3.80. The van der Waals surface area contributed by atoms with E-state index in [2.05, 4.69) is 5.32 Å². The smallest absolute Gasteiger partial charge is 0.243 e. The number of benzene rings is 1. The Balaban J connectivity index is 2.11. The summed E-state index contributed by atoms with van der Waals surface area (Å²) in [5.41, 5.74) is 0.980. The molecule has 0 aliphatic heterocycles. The molecule has 1 aliphatic carbocycles. The first-order valence-electron chi connectivity index (χ1n) is 8.89. The lowest BCUT2D eigenvalue weighted by Gasteiger charge is -2.31. The second-order valence-electron chi connectivity index (χ2n) is 6.42. The zero-order valence-corrected chi connectivity index (χ0v) is 15.3. The van der Waals surface area contributed by atoms with Crippen molar-refractivity contribution in [2.45, 2.75) is 71.0 Å². The van der Waals surface area contributed by atoms with Gasteiger partial charge in [0.25, 0.3) is 0 Å². The number of amides is 2. The highest BCUT2D eigenvalue weighted by Crippen LogP contribution is 2.20. The largest absolute Gasteiger partial charge is 0.352 e. The van der Waals surface area contributed by atoms with Gasteiger partial charge in [0.2, 0.25) is 11.8 Å². The van der Waals surface area contributed by atoms with Crippen molar-refractivity contribution in [3.8, 4) is 0 Å². The molecule has 2 amide bonds. The van der Waals surface area contributed by atoms with E-state index in [1.54, 1.807) is 4.90 Å². The average molecular weight is 351 g/mol. The predicted molar refractivity (Wildman–Crippen MR) is 96.8 cm³/mol. The van der Waals surface area contributed by atoms with Crippen LogP contribution in [-0.2, 0) is 16.1 Å². The van der Waals surface area contributed by atoms with Crippen LogP contribution in [0.2, 0.25) is 5.02 Å². The number of nitrogens with one attached hydrogen (secondary N) is 1. The van der Waals surface area contributed by atoms with Gasteiger partial charge < -0.3 is 10.2 Å². The van der Waals surface area contributed by atoms with Crippen LogP contribution in [-0.4, -0.2) is 28.8 Å². The Morgan fingerprint density at radius 1 is 1.21 bits per heavy atom. The molecule has 4 nitrogen and oxygen atoms in total. The Morgan fingerprint density at radius 3 is 2.38 bits per heavy atom. The molecule has 0 radical (unpaired) electrons. The summed E-state index contributed by atoms with van der Waals surface area (Å²) in [6.45, 7) is 4.22. The maximum atomic E-state index is 12.7. The van der Waals surface area contributed by atoms with E-state index in [4.69, 9.17) is 11.6 Å². The summed E-state index contributed by atoms with van der Waals surface area (Å²) in [6.07, 6.45) is 5.43. The van der Waals surface area contributed by atoms with Crippen LogP contribution in [0, 0.1) is 0 Å². The molecule has 0 unspecified atom stereocenters. The van der Waals surface area contributed by atoms with Crippen molar-refractivity contribution in [1.29, 1.82) is 0 Å². The lowest BCUT2D eigenvalue weighted by atomic mass is 10.1. The van der Waals surface area contributed by atoms with Crippen molar-refractivity contribution in [3.63, 3.8) is 0 Å². The summed E-state index contributed by atoms with van der Waals surface area (Å²) in [7, 11) is 0. The number of rotatable bonds is 7. The molecule has 0 bridgehead atoms. The molecular weight excluding hydrogens is 324 g/mol. The SMILES string of the molecule is CCC(=O)N(Cc1ccc(Cl)cc1)[C@H](CC)C(=O)NC1CCCC1. The first-order valence-corrected chi connectivity index (χ1v) is 9.27. The van der Waals surface area contributed by atoms with Crippen LogP contribution in [0.25, 0.3) is 0 Å². The fraction of sp³-hybridized carbons (Fsp3) is 0.579. The molecule has 1 fully saturated rings. The van der Waals surface area contributed by atoms with Gasteiger partial charge in [0.15, 0.2) is 0 Å². The molecule has 1 aromatic rings. The van der Waals surface area contributed by atoms with Crippen molar-refractivity contribution < 1.29 is 9.59 Å². The van der Waals surface area contributed by atoms with Crippen LogP contribution in [0.1, 0.15) is 57.9 Å². The monoisotopic (exact) mass is 350 g/mol. The Morgan fingerprint density at radius 2 is 1.83 bits per heavy atom. The molecule has 2 rings (SSSR count). The van der Waals surface area contributed by atoms with E-state index in [9.17, 15) is 9.59 Å². The third kappa shape index (κ3) is 4.97. The lowest BCUT2D eigenvalue weighted by molar-refractivity contribution is -0.141. The van der Waals surface area contributed by atoms with E-state index >= 15 is 0 Å². The minimum Gasteiger partial charge on any atom is -0.352 e. The van der Waals surface area contributed by atoms with Crippen LogP contribution >= 0.6 is 11.6 Å². The Hall–Kier alpha value is -1.55. The second kappa shape index (κ2) is 9.07. The van der Waals surface area contributed by atoms with Gasteiger partial charge in [0.05, 0.1) is 0 Å². The number of halogens is 1. The number of carbonyl (C=O) groups excluding carboxylic acids is 2. The molecule has 5 heteroatoms. The van der Waals surface area contributed by atoms with Gasteiger partial charge in [-0.3, -0.25) is 9.59 Å². The normalized spacial score (nSPS) is 16.0. The minimum atomic E-state index is -0.422. The maximum absolute atomic E-state index is 12.7. The van der Waals surface area contributed by atoms with Crippen molar-refractivity contribution in [2.75, 3.05) is 0 Å². The van der Waals surface area contributed by atoms with Crippen LogP contribution in [0.5, 0.6) is 0 Å². The quantitative estimate of drug-likeness (QED) is 0.810. The maximum Gasteiger partial charge on any atom is 0.243 e. The summed E-state index contributed by atoms with van der Waals surface area (Å²) >= 11 is 5.93. The molecule has 1 saturated carbocycles. The third-order valence-corrected chi connectivity index (χ3v) is 4.91. The fourth-order valence-electron chi connectivity index (χ4n) is 3.28. The zero-order chi connectivity index (χ0) is 17.5. The molecule has 24 heavy (non-hydrogen) atoms. The van der Waals surface area contributed by atoms with Crippen LogP contribution in [0.4, 0.5) is 0 Å². The highest BCUT2D eigenvalue weighted by atomic mass is 35.5. The molecule has 1 aromatic carbocycles. The zero-order valence-electron chi connectivity index (χ0n) is 14.6. The van der Waals surface area contributed by atoms with Gasteiger partial charge in [0, 0.05) is 24.0 Å². The van der Waals surface area contributed by atoms with E-state index in [0.717, 1.165) is 18.4 Å². The molecule has 132 valence electrons. The van der Waals surface area contributed by atoms with E-state index in [1.807, 2.05) is 38.1 Å². The molecule has 1 N–H and O–H groups in total. The highest BCUT2D eigenvalue weighted by molar-refractivity contribution is 6.30. The van der Waals surface area contributed by atoms with E-state index in [0.29, 0.717) is 24.4 Å². The Kier molecular flexibility index (Phi) is 7.10. The lowest BCUT2D eigenvalue weighted by Crippen LogP contribution is -2.50. The summed E-state index contributed by atoms with van der Waals surface area (Å²) in [5.74, 6) is -0.0291. The summed E-state index contributed by atoms with van der Waals surface area (Å²) < 4.78 is 0. The molecule has 0 saturated heterocycles. The van der Waals surface area contributed by atoms with Crippen molar-refractivity contribution in [3.05, 3.63) is 34.9 Å². The van der Waals surface area contributed by atoms with Gasteiger partial charge in [-0.15, -0.1) is 0 Å². The Labute approximate surface area is 149 Å². The number of carbonyl (C=O) groups is 2. The molecule has 1 aliphatic rings. The molecule has 0 heterocycles. The minimum absolute atomic E-state index is 0.00151. The van der Waals surface area contributed by atoms with Crippen molar-refractivity contribution >= 4 is 23.4 Å². The van der Waals surface area contributed by atoms with E-state index in [-0.39, 0.29) is 17.9 Å². The van der Waals surface area contributed by atoms with Gasteiger partial charge in [-0.2, -0.15) is 0 Å². The standard InChI is InChI=1S/C19H27ClN2O2/c1-3-17(19(24)21-16-7-5-6-8-16)22(18(23)4-2)13-14-9-11-15(20)12-10-14/h9-12,16-17H,3-8,13H2,1-2H3,(H,21,24)/t17-/m1/s1. The van der Waals surface area contributed by atoms with Crippen LogP contribution < -0.4 is 5.32 Å². The van der Waals surface area contributed by atoms with Gasteiger partial charge in [-0.1, -0.05) is 50.4 Å². The molecular formula is C19H27ClN2O2. The van der Waals surface area contributed by atoms with Gasteiger partial charge in [-0.25, -0.2) is 0 Å². The summed E-state index contributed by atoms with van der Waals surface area (Å²) in [6, 6.07) is 7.27. The van der Waals surface area contributed by atoms with Gasteiger partial charge in [-0.05, 0) is 37.0 Å². The molecule has 0 aromatic heterocycles. The molecule has 0 spiro atoms. The number of nitrogens with zero attached hydrogens (tertiary/aromatic N) is 1. The second-order valence-corrected chi connectivity index (χ2v) is 6.85. The highest BCUT2D eigenvalue weighted by Gasteiger charge is 2.29. The van der Waals surface area contributed by atoms with Gasteiger partial charge in [0.1, 0.15) is 6.04 Å². The van der Waals surface area contributed by atoms with Crippen molar-refractivity contribution in [2.24, 2.45) is 0 Å². The Bertz CT molecular complexity index is 553. The third-order valence-electron chi connectivity index (χ3n) is 4.66. The first kappa shape index (κ1) is 18.8. The first-order chi connectivity index (χ1) is 11.5. The van der Waals surface area contributed by atoms with Crippen molar-refractivity contribution in [1.82, 2.24) is 10.2 Å².